The van der Waals surface area contributed by atoms with E-state index in [2.05, 4.69) is 20.6 Å². The summed E-state index contributed by atoms with van der Waals surface area (Å²) in [5.74, 6) is 1.15. The van der Waals surface area contributed by atoms with Gasteiger partial charge in [-0.1, -0.05) is 12.1 Å². The highest BCUT2D eigenvalue weighted by molar-refractivity contribution is 5.99. The Hall–Kier alpha value is -4.14. The Kier molecular flexibility index (Phi) is 6.16. The lowest BCUT2D eigenvalue weighted by Crippen LogP contribution is -2.19. The molecule has 2 amide bonds. The Morgan fingerprint density at radius 2 is 1.75 bits per heavy atom. The monoisotopic (exact) mass is 430 g/mol. The van der Waals surface area contributed by atoms with Crippen LogP contribution in [0.3, 0.4) is 0 Å². The quantitative estimate of drug-likeness (QED) is 0.281. The number of aliphatic hydroxyl groups excluding tert-OH is 1. The van der Waals surface area contributed by atoms with Crippen LogP contribution < -0.4 is 15.4 Å². The fourth-order valence-corrected chi connectivity index (χ4v) is 3.09. The first-order valence-corrected chi connectivity index (χ1v) is 9.90. The first-order valence-electron chi connectivity index (χ1n) is 9.90. The van der Waals surface area contributed by atoms with Crippen LogP contribution in [0.2, 0.25) is 0 Å². The highest BCUT2D eigenvalue weighted by Gasteiger charge is 2.09. The molecule has 2 heterocycles. The smallest absolute Gasteiger partial charge is 0.323 e. The molecular formula is C24H22N4O4. The molecule has 0 aliphatic rings. The molecule has 32 heavy (non-hydrogen) atoms. The molecular weight excluding hydrogens is 408 g/mol. The van der Waals surface area contributed by atoms with Gasteiger partial charge in [-0.2, -0.15) is 0 Å². The molecule has 162 valence electrons. The predicted molar refractivity (Wildman–Crippen MR) is 122 cm³/mol. The van der Waals surface area contributed by atoms with E-state index >= 15 is 0 Å². The van der Waals surface area contributed by atoms with Crippen molar-refractivity contribution in [1.29, 1.82) is 0 Å². The molecule has 4 rings (SSSR count). The molecule has 0 bridgehead atoms. The third-order valence-electron chi connectivity index (χ3n) is 4.63. The van der Waals surface area contributed by atoms with E-state index in [1.807, 2.05) is 31.2 Å². The number of rotatable bonds is 6. The van der Waals surface area contributed by atoms with Crippen LogP contribution in [0.1, 0.15) is 17.4 Å². The number of aromatic nitrogens is 2. The lowest BCUT2D eigenvalue weighted by Gasteiger charge is -2.10. The summed E-state index contributed by atoms with van der Waals surface area (Å²) in [6, 6.07) is 19.3. The number of aryl methyl sites for hydroxylation is 1. The second kappa shape index (κ2) is 9.34. The minimum atomic E-state index is -1.55. The predicted octanol–water partition coefficient (Wildman–Crippen LogP) is 4.80. The molecule has 0 aliphatic carbocycles. The molecule has 2 aromatic heterocycles. The second-order valence-corrected chi connectivity index (χ2v) is 7.17. The minimum absolute atomic E-state index is 0.332. The first kappa shape index (κ1) is 21.1. The van der Waals surface area contributed by atoms with Crippen molar-refractivity contribution < 1.29 is 19.7 Å². The van der Waals surface area contributed by atoms with E-state index in [0.717, 1.165) is 11.3 Å². The number of pyridine rings is 1. The van der Waals surface area contributed by atoms with Crippen molar-refractivity contribution in [2.24, 2.45) is 0 Å². The van der Waals surface area contributed by atoms with E-state index in [-0.39, 0.29) is 6.03 Å². The number of ether oxygens (including phenoxy) is 1. The Morgan fingerprint density at radius 3 is 2.47 bits per heavy atom. The summed E-state index contributed by atoms with van der Waals surface area (Å²) in [5, 5.41) is 24.1. The van der Waals surface area contributed by atoms with Crippen LogP contribution in [0.4, 0.5) is 16.2 Å². The van der Waals surface area contributed by atoms with E-state index in [4.69, 9.17) is 4.74 Å². The highest BCUT2D eigenvalue weighted by atomic mass is 16.5. The molecule has 0 fully saturated rings. The minimum Gasteiger partial charge on any atom is -0.457 e. The SMILES string of the molecule is Cc1cccc(NC(=O)Nc2ccc(Oc3ccnc(-c4cc(C(O)O)c[nH]4)c3)cc2)c1. The highest BCUT2D eigenvalue weighted by Crippen LogP contribution is 2.27. The fraction of sp³-hybridized carbons (Fsp3) is 0.0833. The molecule has 0 spiro atoms. The van der Waals surface area contributed by atoms with E-state index in [0.29, 0.717) is 34.1 Å². The molecule has 0 unspecified atom stereocenters. The third-order valence-corrected chi connectivity index (χ3v) is 4.63. The lowest BCUT2D eigenvalue weighted by atomic mass is 10.2. The van der Waals surface area contributed by atoms with Crippen molar-refractivity contribution in [3.05, 3.63) is 90.3 Å². The first-order chi connectivity index (χ1) is 15.5. The number of nitrogens with one attached hydrogen (secondary N) is 3. The fourth-order valence-electron chi connectivity index (χ4n) is 3.09. The van der Waals surface area contributed by atoms with Gasteiger partial charge >= 0.3 is 6.03 Å². The Bertz CT molecular complexity index is 1220. The molecule has 0 aliphatic heterocycles. The number of aliphatic hydroxyl groups is 2. The van der Waals surface area contributed by atoms with Gasteiger partial charge in [0.05, 0.1) is 11.4 Å². The van der Waals surface area contributed by atoms with Crippen molar-refractivity contribution in [3.8, 4) is 22.9 Å². The molecule has 0 saturated heterocycles. The third kappa shape index (κ3) is 5.31. The molecule has 0 atom stereocenters. The number of nitrogens with zero attached hydrogens (tertiary/aromatic N) is 1. The van der Waals surface area contributed by atoms with E-state index in [9.17, 15) is 15.0 Å². The van der Waals surface area contributed by atoms with Crippen molar-refractivity contribution in [1.82, 2.24) is 9.97 Å². The summed E-state index contributed by atoms with van der Waals surface area (Å²) >= 11 is 0. The maximum absolute atomic E-state index is 12.2. The number of hydrogen-bond acceptors (Lipinski definition) is 5. The number of aromatic amines is 1. The van der Waals surface area contributed by atoms with Crippen molar-refractivity contribution in [2.75, 3.05) is 10.6 Å². The largest absolute Gasteiger partial charge is 0.457 e. The number of hydrogen-bond donors (Lipinski definition) is 5. The van der Waals surface area contributed by atoms with Gasteiger partial charge in [0.2, 0.25) is 0 Å². The summed E-state index contributed by atoms with van der Waals surface area (Å²) in [6.07, 6.45) is 1.56. The van der Waals surface area contributed by atoms with Gasteiger partial charge < -0.3 is 30.6 Å². The summed E-state index contributed by atoms with van der Waals surface area (Å²) < 4.78 is 5.88. The second-order valence-electron chi connectivity index (χ2n) is 7.17. The number of benzene rings is 2. The normalized spacial score (nSPS) is 10.8. The van der Waals surface area contributed by atoms with Crippen LogP contribution in [-0.2, 0) is 0 Å². The van der Waals surface area contributed by atoms with Gasteiger partial charge in [-0.3, -0.25) is 4.98 Å². The molecule has 0 saturated carbocycles. The number of amides is 2. The molecule has 5 N–H and O–H groups in total. The zero-order valence-corrected chi connectivity index (χ0v) is 17.2. The molecule has 8 nitrogen and oxygen atoms in total. The average Bonchev–Trinajstić information content (AvgIpc) is 3.26. The molecule has 2 aromatic carbocycles. The maximum atomic E-state index is 12.2. The summed E-state index contributed by atoms with van der Waals surface area (Å²) in [4.78, 5) is 19.4. The Morgan fingerprint density at radius 1 is 0.969 bits per heavy atom. The maximum Gasteiger partial charge on any atom is 0.323 e. The van der Waals surface area contributed by atoms with E-state index < -0.39 is 6.29 Å². The number of carbonyl (C=O) groups is 1. The van der Waals surface area contributed by atoms with Gasteiger partial charge in [0.25, 0.3) is 0 Å². The van der Waals surface area contributed by atoms with Crippen LogP contribution in [0.15, 0.2) is 79.1 Å². The van der Waals surface area contributed by atoms with Crippen molar-refractivity contribution in [3.63, 3.8) is 0 Å². The lowest BCUT2D eigenvalue weighted by molar-refractivity contribution is -0.0423. The standard InChI is InChI=1S/C24H22N4O4/c1-15-3-2-4-18(11-15)28-24(31)27-17-5-7-19(8-6-17)32-20-9-10-25-22(13-20)21-12-16(14-26-21)23(29)30/h2-14,23,26,29-30H,1H3,(H2,27,28,31). The van der Waals surface area contributed by atoms with E-state index in [1.165, 1.54) is 6.20 Å². The van der Waals surface area contributed by atoms with Gasteiger partial charge in [0.15, 0.2) is 6.29 Å². The van der Waals surface area contributed by atoms with Crippen LogP contribution in [-0.4, -0.2) is 26.2 Å². The number of H-pyrrole nitrogens is 1. The van der Waals surface area contributed by atoms with Gasteiger partial charge in [0.1, 0.15) is 11.5 Å². The number of anilines is 2. The van der Waals surface area contributed by atoms with E-state index in [1.54, 1.807) is 48.7 Å². The number of carbonyl (C=O) groups excluding carboxylic acids is 1. The molecule has 8 heteroatoms. The summed E-state index contributed by atoms with van der Waals surface area (Å²) in [7, 11) is 0. The number of urea groups is 1. The van der Waals surface area contributed by atoms with Crippen LogP contribution >= 0.6 is 0 Å². The summed E-state index contributed by atoms with van der Waals surface area (Å²) in [6.45, 7) is 1.96. The molecule has 4 aromatic rings. The van der Waals surface area contributed by atoms with Crippen LogP contribution in [0.5, 0.6) is 11.5 Å². The zero-order valence-electron chi connectivity index (χ0n) is 17.2. The zero-order chi connectivity index (χ0) is 22.5. The van der Waals surface area contributed by atoms with Crippen LogP contribution in [0, 0.1) is 6.92 Å². The Balaban J connectivity index is 1.38. The topological polar surface area (TPSA) is 120 Å². The average molecular weight is 430 g/mol. The van der Waals surface area contributed by atoms with Crippen molar-refractivity contribution >= 4 is 17.4 Å². The molecule has 0 radical (unpaired) electrons. The van der Waals surface area contributed by atoms with Gasteiger partial charge in [-0.05, 0) is 61.0 Å². The van der Waals surface area contributed by atoms with Crippen LogP contribution in [0.25, 0.3) is 11.4 Å². The van der Waals surface area contributed by atoms with Gasteiger partial charge in [-0.25, -0.2) is 4.79 Å². The Labute approximate surface area is 184 Å². The van der Waals surface area contributed by atoms with Crippen molar-refractivity contribution in [2.45, 2.75) is 13.2 Å². The summed E-state index contributed by atoms with van der Waals surface area (Å²) in [5.41, 5.74) is 3.99. The van der Waals surface area contributed by atoms with Gasteiger partial charge in [0, 0.05) is 35.4 Å². The van der Waals surface area contributed by atoms with Gasteiger partial charge in [-0.15, -0.1) is 0 Å².